The predicted molar refractivity (Wildman–Crippen MR) is 138 cm³/mol. The monoisotopic (exact) mass is 526 g/mol. The highest BCUT2D eigenvalue weighted by Crippen LogP contribution is 2.36. The second-order valence-electron chi connectivity index (χ2n) is 10.5. The van der Waals surface area contributed by atoms with Crippen molar-refractivity contribution in [3.05, 3.63) is 41.9 Å². The molecule has 1 saturated carbocycles. The van der Waals surface area contributed by atoms with E-state index in [0.717, 1.165) is 0 Å². The molecule has 4 unspecified atom stereocenters. The highest BCUT2D eigenvalue weighted by Gasteiger charge is 2.41. The van der Waals surface area contributed by atoms with Crippen LogP contribution in [0.3, 0.4) is 0 Å². The number of carboxylic acids is 1. The number of aliphatic carboxylic acids is 1. The van der Waals surface area contributed by atoms with Gasteiger partial charge in [-0.25, -0.2) is 14.8 Å². The van der Waals surface area contributed by atoms with Gasteiger partial charge in [-0.3, -0.25) is 9.59 Å². The number of hydrogen-bond donors (Lipinski definition) is 4. The number of aromatic amines is 1. The molecule has 2 aliphatic rings. The summed E-state index contributed by atoms with van der Waals surface area (Å²) in [6, 6.07) is 6.02. The Balaban J connectivity index is 1.60. The van der Waals surface area contributed by atoms with Crippen LogP contribution >= 0.6 is 0 Å². The summed E-state index contributed by atoms with van der Waals surface area (Å²) in [6.07, 6.45) is 3.56. The van der Waals surface area contributed by atoms with E-state index in [9.17, 15) is 19.5 Å². The number of methoxy groups -OCH3 is 1. The molecule has 2 amide bonds. The number of carboxylic acid groups (broad SMARTS) is 1. The second kappa shape index (κ2) is 11.1. The van der Waals surface area contributed by atoms with Gasteiger partial charge in [-0.2, -0.15) is 0 Å². The number of nitrogens with zero attached hydrogens (tertiary/aromatic N) is 3. The van der Waals surface area contributed by atoms with Crippen LogP contribution < -0.4 is 15.4 Å². The number of nitrogens with one attached hydrogen (secondary N) is 3. The molecule has 0 bridgehead atoms. The van der Waals surface area contributed by atoms with Gasteiger partial charge in [0.1, 0.15) is 23.2 Å². The van der Waals surface area contributed by atoms with Gasteiger partial charge >= 0.3 is 12.1 Å². The van der Waals surface area contributed by atoms with E-state index in [2.05, 4.69) is 25.6 Å². The molecule has 4 rings (SSSR count). The van der Waals surface area contributed by atoms with Crippen LogP contribution in [0.15, 0.2) is 35.6 Å². The number of fused-ring (bicyclic) bond motifs is 1. The van der Waals surface area contributed by atoms with Gasteiger partial charge in [-0.05, 0) is 70.2 Å². The minimum Gasteiger partial charge on any atom is -0.497 e. The number of aromatic nitrogens is 2. The largest absolute Gasteiger partial charge is 0.497 e. The molecule has 204 valence electrons. The van der Waals surface area contributed by atoms with Crippen LogP contribution in [0.5, 0.6) is 5.75 Å². The Morgan fingerprint density at radius 1 is 1.16 bits per heavy atom. The molecule has 1 aliphatic heterocycles. The average Bonchev–Trinajstić information content (AvgIpc) is 3.32. The van der Waals surface area contributed by atoms with Gasteiger partial charge < -0.3 is 35.1 Å². The third-order valence-corrected chi connectivity index (χ3v) is 6.62. The molecule has 4 atom stereocenters. The first-order chi connectivity index (χ1) is 18.0. The molecule has 2 aromatic rings. The van der Waals surface area contributed by atoms with Crippen LogP contribution in [0.2, 0.25) is 0 Å². The molecule has 0 saturated heterocycles. The number of carbonyl (C=O) groups is 3. The number of H-pyrrole nitrogens is 1. The first kappa shape index (κ1) is 27.0. The van der Waals surface area contributed by atoms with Crippen molar-refractivity contribution in [3.8, 4) is 5.75 Å². The highest BCUT2D eigenvalue weighted by molar-refractivity contribution is 5.94. The Kier molecular flexibility index (Phi) is 7.88. The zero-order valence-electron chi connectivity index (χ0n) is 21.9. The first-order valence-corrected chi connectivity index (χ1v) is 12.5. The fourth-order valence-corrected chi connectivity index (χ4v) is 4.96. The number of amides is 2. The third-order valence-electron chi connectivity index (χ3n) is 6.62. The summed E-state index contributed by atoms with van der Waals surface area (Å²) >= 11 is 0. The number of benzene rings is 1. The predicted octanol–water partition coefficient (Wildman–Crippen LogP) is 3.36. The van der Waals surface area contributed by atoms with Gasteiger partial charge in [0.05, 0.1) is 31.9 Å². The summed E-state index contributed by atoms with van der Waals surface area (Å²) in [7, 11) is 1.56. The van der Waals surface area contributed by atoms with Crippen LogP contribution in [-0.2, 0) is 9.53 Å². The Morgan fingerprint density at radius 2 is 1.89 bits per heavy atom. The summed E-state index contributed by atoms with van der Waals surface area (Å²) in [6.45, 7) is 5.33. The topological polar surface area (TPSA) is 158 Å². The molecule has 12 nitrogen and oxygen atoms in total. The summed E-state index contributed by atoms with van der Waals surface area (Å²) in [5.74, 6) is -0.207. The van der Waals surface area contributed by atoms with Gasteiger partial charge in [0, 0.05) is 12.0 Å². The van der Waals surface area contributed by atoms with Crippen molar-refractivity contribution >= 4 is 30.1 Å². The van der Waals surface area contributed by atoms with Gasteiger partial charge in [-0.15, -0.1) is 0 Å². The lowest BCUT2D eigenvalue weighted by Crippen LogP contribution is -2.58. The number of imidazole rings is 1. The molecular weight excluding hydrogens is 492 g/mol. The van der Waals surface area contributed by atoms with E-state index in [1.165, 1.54) is 6.33 Å². The number of hydrogen-bond acceptors (Lipinski definition) is 8. The SMILES string of the molecule is COc1ccc(C(=O)NC2c3[nH]cnc3N=CN2C2CCC(CC(=O)O)CC2NC(=O)OC(C)(C)C)cc1. The standard InChI is InChI=1S/C26H34N6O6/c1-26(2,3)38-25(36)30-18-11-15(12-20(33)34)5-10-19(18)32-14-29-22-21(27-13-28-22)23(32)31-24(35)16-6-8-17(37-4)9-7-16/h6-9,13-15,18-19,23H,5,10-12H2,1-4H3,(H,27,28)(H,30,36)(H,31,35)(H,33,34). The second-order valence-corrected chi connectivity index (χ2v) is 10.5. The van der Waals surface area contributed by atoms with Crippen molar-refractivity contribution < 1.29 is 29.0 Å². The van der Waals surface area contributed by atoms with Gasteiger partial charge in [-0.1, -0.05) is 0 Å². The van der Waals surface area contributed by atoms with Gasteiger partial charge in [0.2, 0.25) is 0 Å². The van der Waals surface area contributed by atoms with E-state index in [4.69, 9.17) is 9.47 Å². The summed E-state index contributed by atoms with van der Waals surface area (Å²) in [5.41, 5.74) is 0.363. The minimum atomic E-state index is -0.879. The molecule has 1 aliphatic carbocycles. The zero-order chi connectivity index (χ0) is 27.4. The van der Waals surface area contributed by atoms with Crippen LogP contribution in [0, 0.1) is 5.92 Å². The van der Waals surface area contributed by atoms with Crippen LogP contribution in [0.1, 0.15) is 68.7 Å². The van der Waals surface area contributed by atoms with Crippen molar-refractivity contribution in [2.75, 3.05) is 7.11 Å². The van der Waals surface area contributed by atoms with Gasteiger partial charge in [0.15, 0.2) is 5.82 Å². The Labute approximate surface area is 220 Å². The van der Waals surface area contributed by atoms with Crippen molar-refractivity contribution in [3.63, 3.8) is 0 Å². The van der Waals surface area contributed by atoms with E-state index >= 15 is 0 Å². The maximum Gasteiger partial charge on any atom is 0.407 e. The Bertz CT molecular complexity index is 1190. The average molecular weight is 527 g/mol. The smallest absolute Gasteiger partial charge is 0.407 e. The molecule has 1 fully saturated rings. The number of alkyl carbamates (subject to hydrolysis) is 1. The van der Waals surface area contributed by atoms with E-state index < -0.39 is 29.9 Å². The summed E-state index contributed by atoms with van der Waals surface area (Å²) < 4.78 is 10.7. The summed E-state index contributed by atoms with van der Waals surface area (Å²) in [4.78, 5) is 51.1. The van der Waals surface area contributed by atoms with E-state index in [1.807, 2.05) is 4.90 Å². The maximum atomic E-state index is 13.2. The third kappa shape index (κ3) is 6.42. The summed E-state index contributed by atoms with van der Waals surface area (Å²) in [5, 5.41) is 15.4. The number of carbonyl (C=O) groups excluding carboxylic acids is 2. The highest BCUT2D eigenvalue weighted by atomic mass is 16.6. The number of aliphatic imine (C=N–C) groups is 1. The molecule has 12 heteroatoms. The molecule has 1 aromatic heterocycles. The zero-order valence-corrected chi connectivity index (χ0v) is 21.9. The quantitative estimate of drug-likeness (QED) is 0.428. The lowest BCUT2D eigenvalue weighted by Gasteiger charge is -2.45. The first-order valence-electron chi connectivity index (χ1n) is 12.5. The maximum absolute atomic E-state index is 13.2. The molecular formula is C26H34N6O6. The van der Waals surface area contributed by atoms with Crippen LogP contribution in [0.25, 0.3) is 0 Å². The molecule has 4 N–H and O–H groups in total. The van der Waals surface area contributed by atoms with Crippen molar-refractivity contribution in [1.82, 2.24) is 25.5 Å². The van der Waals surface area contributed by atoms with E-state index in [0.29, 0.717) is 42.1 Å². The van der Waals surface area contributed by atoms with Gasteiger partial charge in [0.25, 0.3) is 5.91 Å². The Morgan fingerprint density at radius 3 is 2.55 bits per heavy atom. The minimum absolute atomic E-state index is 0.00956. The van der Waals surface area contributed by atoms with E-state index in [-0.39, 0.29) is 24.3 Å². The lowest BCUT2D eigenvalue weighted by molar-refractivity contribution is -0.138. The van der Waals surface area contributed by atoms with Crippen molar-refractivity contribution in [2.45, 2.75) is 70.3 Å². The molecule has 1 aromatic carbocycles. The van der Waals surface area contributed by atoms with Crippen molar-refractivity contribution in [1.29, 1.82) is 0 Å². The normalized spacial score (nSPS) is 22.8. The van der Waals surface area contributed by atoms with Crippen LogP contribution in [-0.4, -0.2) is 69.1 Å². The fraction of sp³-hybridized carbons (Fsp3) is 0.500. The fourth-order valence-electron chi connectivity index (χ4n) is 4.96. The Hall–Kier alpha value is -4.09. The number of ether oxygens (including phenoxy) is 2. The molecule has 2 heterocycles. The molecule has 0 spiro atoms. The van der Waals surface area contributed by atoms with Crippen molar-refractivity contribution in [2.24, 2.45) is 10.9 Å². The molecule has 38 heavy (non-hydrogen) atoms. The van der Waals surface area contributed by atoms with Crippen LogP contribution in [0.4, 0.5) is 10.6 Å². The van der Waals surface area contributed by atoms with E-state index in [1.54, 1.807) is 58.5 Å². The number of rotatable bonds is 7. The molecule has 0 radical (unpaired) electrons. The lowest BCUT2D eigenvalue weighted by atomic mass is 9.79.